The quantitative estimate of drug-likeness (QED) is 0.741. The first kappa shape index (κ1) is 11.2. The molecule has 0 unspecified atom stereocenters. The maximum atomic E-state index is 11.1. The summed E-state index contributed by atoms with van der Waals surface area (Å²) >= 11 is 11.9. The lowest BCUT2D eigenvalue weighted by Crippen LogP contribution is -1.86. The Labute approximate surface area is 103 Å². The maximum absolute atomic E-state index is 11.1. The second kappa shape index (κ2) is 4.32. The molecule has 0 aliphatic rings. The molecule has 1 aromatic carbocycles. The number of hydrogen-bond donors (Lipinski definition) is 0. The summed E-state index contributed by atoms with van der Waals surface area (Å²) in [5, 5.41) is 1.11. The predicted molar refractivity (Wildman–Crippen MR) is 64.2 cm³/mol. The van der Waals surface area contributed by atoms with Gasteiger partial charge in [0.05, 0.1) is 5.02 Å². The van der Waals surface area contributed by atoms with E-state index in [1.165, 1.54) is 6.92 Å². The molecule has 0 saturated heterocycles. The smallest absolute Gasteiger partial charge is 0.194 e. The van der Waals surface area contributed by atoms with Crippen molar-refractivity contribution in [2.75, 3.05) is 0 Å². The molecule has 82 valence electrons. The number of ketones is 1. The lowest BCUT2D eigenvalue weighted by molar-refractivity contribution is 0.0988. The largest absolute Gasteiger partial charge is 0.453 e. The van der Waals surface area contributed by atoms with E-state index in [1.54, 1.807) is 30.3 Å². The molecule has 16 heavy (non-hydrogen) atoms. The Morgan fingerprint density at radius 2 is 1.94 bits per heavy atom. The molecule has 2 aromatic rings. The zero-order chi connectivity index (χ0) is 11.7. The van der Waals surface area contributed by atoms with Crippen LogP contribution >= 0.6 is 23.2 Å². The third-order valence-corrected chi connectivity index (χ3v) is 2.71. The van der Waals surface area contributed by atoms with Crippen molar-refractivity contribution in [1.29, 1.82) is 0 Å². The molecule has 0 N–H and O–H groups in total. The number of rotatable bonds is 2. The molecule has 0 bridgehead atoms. The van der Waals surface area contributed by atoms with Gasteiger partial charge in [0.15, 0.2) is 11.5 Å². The van der Waals surface area contributed by atoms with E-state index in [0.717, 1.165) is 0 Å². The minimum atomic E-state index is -0.121. The number of carbonyl (C=O) groups excluding carboxylic acids is 1. The molecule has 1 aromatic heterocycles. The number of benzene rings is 1. The third kappa shape index (κ3) is 2.13. The number of Topliss-reactive ketones (excluding diaryl/α,β-unsaturated/α-hetero) is 1. The van der Waals surface area contributed by atoms with Crippen LogP contribution in [0.4, 0.5) is 0 Å². The predicted octanol–water partition coefficient (Wildman–Crippen LogP) is 4.46. The highest BCUT2D eigenvalue weighted by Crippen LogP contribution is 2.31. The summed E-state index contributed by atoms with van der Waals surface area (Å²) in [6, 6.07) is 8.41. The van der Waals surface area contributed by atoms with Gasteiger partial charge in [-0.2, -0.15) is 0 Å². The van der Waals surface area contributed by atoms with Crippen LogP contribution in [-0.4, -0.2) is 5.78 Å². The fourth-order valence-electron chi connectivity index (χ4n) is 1.36. The summed E-state index contributed by atoms with van der Waals surface area (Å²) < 4.78 is 5.37. The molecule has 2 nitrogen and oxygen atoms in total. The van der Waals surface area contributed by atoms with Gasteiger partial charge in [0, 0.05) is 17.5 Å². The molecule has 0 aliphatic carbocycles. The third-order valence-electron chi connectivity index (χ3n) is 2.15. The van der Waals surface area contributed by atoms with Crippen LogP contribution in [-0.2, 0) is 0 Å². The maximum Gasteiger partial charge on any atom is 0.194 e. The molecule has 0 spiro atoms. The Morgan fingerprint density at radius 3 is 2.56 bits per heavy atom. The van der Waals surface area contributed by atoms with E-state index in [2.05, 4.69) is 0 Å². The van der Waals surface area contributed by atoms with E-state index in [9.17, 15) is 4.79 Å². The lowest BCUT2D eigenvalue weighted by Gasteiger charge is -2.00. The number of carbonyl (C=O) groups is 1. The van der Waals surface area contributed by atoms with Gasteiger partial charge in [-0.05, 0) is 30.3 Å². The van der Waals surface area contributed by atoms with Crippen LogP contribution in [0.15, 0.2) is 34.7 Å². The molecule has 2 rings (SSSR count). The minimum absolute atomic E-state index is 0.121. The van der Waals surface area contributed by atoms with Gasteiger partial charge in [-0.3, -0.25) is 4.79 Å². The monoisotopic (exact) mass is 254 g/mol. The second-order valence-electron chi connectivity index (χ2n) is 3.34. The highest BCUT2D eigenvalue weighted by molar-refractivity contribution is 6.35. The van der Waals surface area contributed by atoms with Gasteiger partial charge in [-0.1, -0.05) is 23.2 Å². The van der Waals surface area contributed by atoms with Crippen LogP contribution in [0.3, 0.4) is 0 Å². The molecule has 0 radical (unpaired) electrons. The molecule has 0 amide bonds. The summed E-state index contributed by atoms with van der Waals surface area (Å²) in [5.74, 6) is 0.730. The molecular weight excluding hydrogens is 247 g/mol. The first-order chi connectivity index (χ1) is 7.58. The molecule has 0 fully saturated rings. The van der Waals surface area contributed by atoms with E-state index >= 15 is 0 Å². The fraction of sp³-hybridized carbons (Fsp3) is 0.0833. The molecule has 0 saturated carbocycles. The Kier molecular flexibility index (Phi) is 3.03. The van der Waals surface area contributed by atoms with Gasteiger partial charge in [0.2, 0.25) is 0 Å². The Morgan fingerprint density at radius 1 is 1.19 bits per heavy atom. The van der Waals surface area contributed by atoms with Gasteiger partial charge in [-0.25, -0.2) is 0 Å². The molecule has 4 heteroatoms. The van der Waals surface area contributed by atoms with Crippen LogP contribution in [0, 0.1) is 0 Å². The van der Waals surface area contributed by atoms with E-state index in [-0.39, 0.29) is 5.78 Å². The van der Waals surface area contributed by atoms with Crippen LogP contribution in [0.2, 0.25) is 10.0 Å². The van der Waals surface area contributed by atoms with E-state index in [0.29, 0.717) is 27.1 Å². The van der Waals surface area contributed by atoms with Gasteiger partial charge in [-0.15, -0.1) is 0 Å². The van der Waals surface area contributed by atoms with Gasteiger partial charge in [0.25, 0.3) is 0 Å². The standard InChI is InChI=1S/C12H8Cl2O2/c1-7(15)11-4-5-12(16-11)9-6-8(13)2-3-10(9)14/h2-6H,1H3. The van der Waals surface area contributed by atoms with Gasteiger partial charge in [0.1, 0.15) is 5.76 Å². The number of hydrogen-bond acceptors (Lipinski definition) is 2. The van der Waals surface area contributed by atoms with Gasteiger partial charge >= 0.3 is 0 Å². The van der Waals surface area contributed by atoms with Gasteiger partial charge < -0.3 is 4.42 Å². The second-order valence-corrected chi connectivity index (χ2v) is 4.19. The summed E-state index contributed by atoms with van der Waals surface area (Å²) in [4.78, 5) is 11.1. The number of furan rings is 1. The molecule has 0 aliphatic heterocycles. The van der Waals surface area contributed by atoms with Crippen molar-refractivity contribution in [2.45, 2.75) is 6.92 Å². The normalized spacial score (nSPS) is 10.4. The van der Waals surface area contributed by atoms with Crippen LogP contribution in [0.5, 0.6) is 0 Å². The molecule has 1 heterocycles. The molecular formula is C12H8Cl2O2. The van der Waals surface area contributed by atoms with Crippen LogP contribution < -0.4 is 0 Å². The van der Waals surface area contributed by atoms with Crippen molar-refractivity contribution in [3.63, 3.8) is 0 Å². The Balaban J connectivity index is 2.50. The van der Waals surface area contributed by atoms with E-state index in [4.69, 9.17) is 27.6 Å². The van der Waals surface area contributed by atoms with E-state index in [1.807, 2.05) is 0 Å². The Hall–Kier alpha value is -1.25. The van der Waals surface area contributed by atoms with Crippen LogP contribution in [0.25, 0.3) is 11.3 Å². The van der Waals surface area contributed by atoms with Crippen LogP contribution in [0.1, 0.15) is 17.5 Å². The molecule has 0 atom stereocenters. The number of halogens is 2. The fourth-order valence-corrected chi connectivity index (χ4v) is 1.74. The average Bonchev–Trinajstić information content (AvgIpc) is 2.70. The van der Waals surface area contributed by atoms with Crippen molar-refractivity contribution in [3.8, 4) is 11.3 Å². The SMILES string of the molecule is CC(=O)c1ccc(-c2cc(Cl)ccc2Cl)o1. The van der Waals surface area contributed by atoms with Crippen molar-refractivity contribution < 1.29 is 9.21 Å². The lowest BCUT2D eigenvalue weighted by atomic mass is 10.2. The highest BCUT2D eigenvalue weighted by Gasteiger charge is 2.11. The van der Waals surface area contributed by atoms with Crippen molar-refractivity contribution in [3.05, 3.63) is 46.1 Å². The summed E-state index contributed by atoms with van der Waals surface area (Å²) in [5.41, 5.74) is 0.682. The highest BCUT2D eigenvalue weighted by atomic mass is 35.5. The Bertz CT molecular complexity index is 544. The van der Waals surface area contributed by atoms with Crippen molar-refractivity contribution in [2.24, 2.45) is 0 Å². The van der Waals surface area contributed by atoms with E-state index < -0.39 is 0 Å². The summed E-state index contributed by atoms with van der Waals surface area (Å²) in [6.45, 7) is 1.45. The summed E-state index contributed by atoms with van der Waals surface area (Å²) in [7, 11) is 0. The minimum Gasteiger partial charge on any atom is -0.453 e. The average molecular weight is 255 g/mol. The topological polar surface area (TPSA) is 30.2 Å². The zero-order valence-corrected chi connectivity index (χ0v) is 9.97. The zero-order valence-electron chi connectivity index (χ0n) is 8.46. The first-order valence-electron chi connectivity index (χ1n) is 4.64. The first-order valence-corrected chi connectivity index (χ1v) is 5.39. The summed E-state index contributed by atoms with van der Waals surface area (Å²) in [6.07, 6.45) is 0. The van der Waals surface area contributed by atoms with Crippen molar-refractivity contribution >= 4 is 29.0 Å². The van der Waals surface area contributed by atoms with Crippen molar-refractivity contribution in [1.82, 2.24) is 0 Å².